The van der Waals surface area contributed by atoms with Crippen molar-refractivity contribution in [3.63, 3.8) is 0 Å². The van der Waals surface area contributed by atoms with Crippen LogP contribution in [0.3, 0.4) is 0 Å². The Labute approximate surface area is 187 Å². The fourth-order valence-electron chi connectivity index (χ4n) is 5.16. The van der Waals surface area contributed by atoms with Crippen LogP contribution in [-0.4, -0.2) is 61.1 Å². The van der Waals surface area contributed by atoms with Crippen molar-refractivity contribution < 1.29 is 4.84 Å². The van der Waals surface area contributed by atoms with Crippen LogP contribution in [-0.2, 0) is 4.84 Å². The zero-order chi connectivity index (χ0) is 21.8. The second-order valence-corrected chi connectivity index (χ2v) is 9.49. The number of likely N-dealkylation sites (N-methyl/N-ethyl adjacent to an activating group) is 1. The standard InChI is InChI=1S/C26H38N4O/c1-19-8-9-24-25(18-19)31-28-26(24)22-10-15-30(16-11-22)17-12-23-20(2)27-13-6-5-7-14-29(4)21(23)3/h8-9,13,18,22,24-25H,3,5-7,10-12,14-17H2,1-2,4H3/b23-20-,27-13+. The minimum atomic E-state index is 0.115. The number of allylic oxidation sites excluding steroid dienone is 4. The number of rotatable bonds is 4. The third kappa shape index (κ3) is 5.20. The van der Waals surface area contributed by atoms with Crippen LogP contribution in [0.25, 0.3) is 0 Å². The van der Waals surface area contributed by atoms with Crippen LogP contribution in [0.1, 0.15) is 52.4 Å². The fraction of sp³-hybridized carbons (Fsp3) is 0.615. The lowest BCUT2D eigenvalue weighted by Crippen LogP contribution is -2.39. The highest BCUT2D eigenvalue weighted by molar-refractivity contribution is 5.92. The first-order chi connectivity index (χ1) is 15.0. The molecule has 0 amide bonds. The number of oxime groups is 1. The van der Waals surface area contributed by atoms with Gasteiger partial charge in [-0.2, -0.15) is 0 Å². The molecule has 2 atom stereocenters. The third-order valence-electron chi connectivity index (χ3n) is 7.26. The van der Waals surface area contributed by atoms with Crippen LogP contribution in [0.5, 0.6) is 0 Å². The SMILES string of the molecule is C=C1/C(CCN2CCC(C3=NOC4C=C(C)C=CC34)CC2)=C(C)\N=C\CCCCN1C. The van der Waals surface area contributed by atoms with Crippen LogP contribution in [0.2, 0.25) is 0 Å². The number of hydrogen-bond acceptors (Lipinski definition) is 5. The van der Waals surface area contributed by atoms with Gasteiger partial charge in [0.2, 0.25) is 0 Å². The second-order valence-electron chi connectivity index (χ2n) is 9.49. The molecule has 4 aliphatic rings. The maximum Gasteiger partial charge on any atom is 0.157 e. The monoisotopic (exact) mass is 422 g/mol. The summed E-state index contributed by atoms with van der Waals surface area (Å²) in [5.41, 5.74) is 6.12. The Hall–Kier alpha value is -2.14. The lowest BCUT2D eigenvalue weighted by molar-refractivity contribution is 0.105. The summed E-state index contributed by atoms with van der Waals surface area (Å²) in [6.07, 6.45) is 15.7. The van der Waals surface area contributed by atoms with E-state index in [1.54, 1.807) is 0 Å². The lowest BCUT2D eigenvalue weighted by Gasteiger charge is -2.33. The predicted octanol–water partition coefficient (Wildman–Crippen LogP) is 4.95. The normalized spacial score (nSPS) is 31.7. The molecule has 5 heteroatoms. The lowest BCUT2D eigenvalue weighted by atomic mass is 9.81. The Morgan fingerprint density at radius 2 is 1.97 bits per heavy atom. The van der Waals surface area contributed by atoms with Gasteiger partial charge in [0, 0.05) is 43.7 Å². The molecule has 5 nitrogen and oxygen atoms in total. The number of nitrogens with zero attached hydrogens (tertiary/aromatic N) is 4. The van der Waals surface area contributed by atoms with E-state index in [1.165, 1.54) is 42.5 Å². The van der Waals surface area contributed by atoms with E-state index in [0.29, 0.717) is 11.8 Å². The first kappa shape index (κ1) is 22.1. The first-order valence-electron chi connectivity index (χ1n) is 12.0. The van der Waals surface area contributed by atoms with Gasteiger partial charge in [0.25, 0.3) is 0 Å². The average Bonchev–Trinajstić information content (AvgIpc) is 3.18. The Morgan fingerprint density at radius 3 is 2.77 bits per heavy atom. The zero-order valence-electron chi connectivity index (χ0n) is 19.5. The molecular formula is C26H38N4O. The van der Waals surface area contributed by atoms with Gasteiger partial charge in [0.05, 0.1) is 11.6 Å². The average molecular weight is 423 g/mol. The molecule has 0 aromatic heterocycles. The molecular weight excluding hydrogens is 384 g/mol. The molecule has 0 aromatic rings. The van der Waals surface area contributed by atoms with E-state index in [0.717, 1.165) is 50.4 Å². The molecule has 0 bridgehead atoms. The van der Waals surface area contributed by atoms with Crippen LogP contribution in [0.15, 0.2) is 57.5 Å². The van der Waals surface area contributed by atoms with Gasteiger partial charge >= 0.3 is 0 Å². The summed E-state index contributed by atoms with van der Waals surface area (Å²) < 4.78 is 0. The maximum absolute atomic E-state index is 5.73. The number of aliphatic imine (C=N–C) groups is 1. The molecule has 2 unspecified atom stereocenters. The molecule has 1 saturated heterocycles. The van der Waals surface area contributed by atoms with Crippen molar-refractivity contribution in [2.45, 2.75) is 58.5 Å². The van der Waals surface area contributed by atoms with Gasteiger partial charge in [-0.3, -0.25) is 4.99 Å². The van der Waals surface area contributed by atoms with Crippen LogP contribution in [0, 0.1) is 11.8 Å². The Morgan fingerprint density at radius 1 is 1.16 bits per heavy atom. The number of piperidine rings is 1. The number of fused-ring (bicyclic) bond motifs is 1. The van der Waals surface area contributed by atoms with Gasteiger partial charge in [-0.05, 0) is 77.1 Å². The summed E-state index contributed by atoms with van der Waals surface area (Å²) in [7, 11) is 2.17. The molecule has 0 spiro atoms. The van der Waals surface area contributed by atoms with E-state index >= 15 is 0 Å². The number of likely N-dealkylation sites (tertiary alicyclic amines) is 1. The summed E-state index contributed by atoms with van der Waals surface area (Å²) >= 11 is 0. The highest BCUT2D eigenvalue weighted by Crippen LogP contribution is 2.33. The van der Waals surface area contributed by atoms with Gasteiger partial charge in [0.1, 0.15) is 0 Å². The van der Waals surface area contributed by atoms with E-state index in [-0.39, 0.29) is 6.10 Å². The Kier molecular flexibility index (Phi) is 7.11. The quantitative estimate of drug-likeness (QED) is 0.644. The van der Waals surface area contributed by atoms with E-state index in [2.05, 4.69) is 66.9 Å². The molecule has 0 aromatic carbocycles. The Bertz CT molecular complexity index is 826. The molecule has 0 N–H and O–H groups in total. The van der Waals surface area contributed by atoms with Crippen molar-refractivity contribution in [3.05, 3.63) is 47.3 Å². The fourth-order valence-corrected chi connectivity index (χ4v) is 5.16. The van der Waals surface area contributed by atoms with E-state index < -0.39 is 0 Å². The van der Waals surface area contributed by atoms with Crippen LogP contribution >= 0.6 is 0 Å². The van der Waals surface area contributed by atoms with Crippen molar-refractivity contribution >= 4 is 11.9 Å². The second kappa shape index (κ2) is 9.99. The predicted molar refractivity (Wildman–Crippen MR) is 129 cm³/mol. The molecule has 3 aliphatic heterocycles. The van der Waals surface area contributed by atoms with Gasteiger partial charge < -0.3 is 14.6 Å². The molecule has 1 aliphatic carbocycles. The highest BCUT2D eigenvalue weighted by Gasteiger charge is 2.37. The van der Waals surface area contributed by atoms with E-state index in [9.17, 15) is 0 Å². The van der Waals surface area contributed by atoms with E-state index in [4.69, 9.17) is 9.83 Å². The van der Waals surface area contributed by atoms with Crippen LogP contribution in [0.4, 0.5) is 0 Å². The van der Waals surface area contributed by atoms with Gasteiger partial charge in [-0.1, -0.05) is 29.5 Å². The molecule has 3 heterocycles. The summed E-state index contributed by atoms with van der Waals surface area (Å²) in [5.74, 6) is 0.885. The summed E-state index contributed by atoms with van der Waals surface area (Å²) in [4.78, 5) is 15.4. The summed E-state index contributed by atoms with van der Waals surface area (Å²) in [6.45, 7) is 13.1. The largest absolute Gasteiger partial charge is 0.387 e. The van der Waals surface area contributed by atoms with Crippen molar-refractivity contribution in [2.75, 3.05) is 33.2 Å². The molecule has 31 heavy (non-hydrogen) atoms. The zero-order valence-corrected chi connectivity index (χ0v) is 19.5. The topological polar surface area (TPSA) is 40.4 Å². The van der Waals surface area contributed by atoms with Gasteiger partial charge in [0.15, 0.2) is 6.10 Å². The molecule has 1 fully saturated rings. The number of hydrogen-bond donors (Lipinski definition) is 0. The molecule has 168 valence electrons. The molecule has 0 radical (unpaired) electrons. The molecule has 4 rings (SSSR count). The smallest absolute Gasteiger partial charge is 0.157 e. The van der Waals surface area contributed by atoms with E-state index in [1.807, 2.05) is 0 Å². The minimum Gasteiger partial charge on any atom is -0.387 e. The van der Waals surface area contributed by atoms with Gasteiger partial charge in [-0.15, -0.1) is 0 Å². The maximum atomic E-state index is 5.73. The van der Waals surface area contributed by atoms with Crippen LogP contribution < -0.4 is 0 Å². The molecule has 0 saturated carbocycles. The minimum absolute atomic E-state index is 0.115. The van der Waals surface area contributed by atoms with Gasteiger partial charge in [-0.25, -0.2) is 0 Å². The summed E-state index contributed by atoms with van der Waals surface area (Å²) in [5, 5.41) is 4.51. The first-order valence-corrected chi connectivity index (χ1v) is 12.0. The van der Waals surface area contributed by atoms with Crippen molar-refractivity contribution in [3.8, 4) is 0 Å². The Balaban J connectivity index is 1.32. The van der Waals surface area contributed by atoms with Crippen molar-refractivity contribution in [1.29, 1.82) is 0 Å². The van der Waals surface area contributed by atoms with Crippen molar-refractivity contribution in [2.24, 2.45) is 22.0 Å². The third-order valence-corrected chi connectivity index (χ3v) is 7.26. The van der Waals surface area contributed by atoms with Crippen molar-refractivity contribution in [1.82, 2.24) is 9.80 Å². The summed E-state index contributed by atoms with van der Waals surface area (Å²) in [6, 6.07) is 0. The highest BCUT2D eigenvalue weighted by atomic mass is 16.6.